The van der Waals surface area contributed by atoms with E-state index in [1.165, 1.54) is 22.3 Å². The number of pyridine rings is 3. The molecule has 10 heterocycles. The van der Waals surface area contributed by atoms with E-state index >= 15 is 0 Å². The van der Waals surface area contributed by atoms with Crippen LogP contribution in [0.25, 0.3) is 0 Å². The number of aromatic amines is 2. The number of carbonyl (C=O) groups excluding carboxylic acids is 4. The van der Waals surface area contributed by atoms with Crippen molar-refractivity contribution in [2.45, 2.75) is 159 Å². The average molecular weight is 1470 g/mol. The molecule has 7 aliphatic rings. The van der Waals surface area contributed by atoms with Crippen LogP contribution < -0.4 is 55.3 Å². The molecule has 4 atom stereocenters. The molecule has 2 unspecified atom stereocenters. The number of rotatable bonds is 18. The molecule has 5 aromatic carbocycles. The molecule has 570 valence electrons. The van der Waals surface area contributed by atoms with Crippen LogP contribution in [0.2, 0.25) is 0 Å². The standard InChI is InChI=1S/C30H35N3O4.2C22H27N3O3.C13H17NO/c1-35-27-13-11-24(12-14-27)22-37-29-21-26(32-15-17-36-18-16-32)20-28(31-29)33-25(9-5-6-10-30(33)34)19-23-7-3-2-4-8-23;2*26-21-16-19(24-10-12-28-13-11-24)15-20(23-21)25-18(8-4-5-9-22(25)27)14-17-6-2-1-3-7-17;15-13-9-5-4-8-12(14-13)10-11-6-2-1-3-7-11/h2-4,7-8,11-14,20-21,25H,5-6,9-10,15-19,22H2,1H3;2*1-3,6-7,15-16,18H,4-5,8-14H2,(H,23,26);1-3,6-7,12H,4-5,8-10H2,(H,14,15)/t;2*18-;/m.10./s1. The van der Waals surface area contributed by atoms with Crippen LogP contribution in [0.5, 0.6) is 11.6 Å². The molecule has 7 saturated heterocycles. The first-order chi connectivity index (χ1) is 52.9. The van der Waals surface area contributed by atoms with Gasteiger partial charge < -0.3 is 53.7 Å². The number of hydrogen-bond donors (Lipinski definition) is 3. The van der Waals surface area contributed by atoms with Gasteiger partial charge in [0, 0.05) is 143 Å². The molecule has 0 aliphatic carbocycles. The third kappa shape index (κ3) is 22.7. The Bertz CT molecular complexity index is 4100. The van der Waals surface area contributed by atoms with Gasteiger partial charge in [0.25, 0.3) is 11.1 Å². The van der Waals surface area contributed by atoms with Crippen LogP contribution in [-0.4, -0.2) is 149 Å². The largest absolute Gasteiger partial charge is 0.497 e. The van der Waals surface area contributed by atoms with Gasteiger partial charge >= 0.3 is 0 Å². The summed E-state index contributed by atoms with van der Waals surface area (Å²) in [5.74, 6) is 3.75. The predicted octanol–water partition coefficient (Wildman–Crippen LogP) is 12.8. The normalized spacial score (nSPS) is 20.2. The minimum atomic E-state index is -0.172. The van der Waals surface area contributed by atoms with Gasteiger partial charge in [-0.05, 0) is 117 Å². The highest BCUT2D eigenvalue weighted by Gasteiger charge is 2.34. The van der Waals surface area contributed by atoms with Crippen molar-refractivity contribution in [2.24, 2.45) is 0 Å². The molecule has 0 spiro atoms. The highest BCUT2D eigenvalue weighted by molar-refractivity contribution is 5.95. The summed E-state index contributed by atoms with van der Waals surface area (Å²) in [5, 5.41) is 3.09. The first-order valence-electron chi connectivity index (χ1n) is 39.1. The quantitative estimate of drug-likeness (QED) is 0.0726. The van der Waals surface area contributed by atoms with E-state index in [2.05, 4.69) is 90.6 Å². The molecule has 3 N–H and O–H groups in total. The van der Waals surface area contributed by atoms with E-state index in [1.54, 1.807) is 19.2 Å². The summed E-state index contributed by atoms with van der Waals surface area (Å²) in [5.41, 5.74) is 8.36. The fraction of sp³-hybridized carbons (Fsp3) is 0.437. The van der Waals surface area contributed by atoms with Crippen LogP contribution >= 0.6 is 0 Å². The summed E-state index contributed by atoms with van der Waals surface area (Å²) in [6, 6.07) is 60.7. The summed E-state index contributed by atoms with van der Waals surface area (Å²) < 4.78 is 27.9. The predicted molar refractivity (Wildman–Crippen MR) is 425 cm³/mol. The summed E-state index contributed by atoms with van der Waals surface area (Å²) in [4.78, 5) is 98.5. The molecule has 21 nitrogen and oxygen atoms in total. The molecular formula is C87H106N10O11. The van der Waals surface area contributed by atoms with Crippen molar-refractivity contribution in [3.05, 3.63) is 231 Å². The van der Waals surface area contributed by atoms with E-state index in [0.29, 0.717) is 101 Å². The first-order valence-corrected chi connectivity index (χ1v) is 39.1. The lowest BCUT2D eigenvalue weighted by Gasteiger charge is -2.33. The lowest BCUT2D eigenvalue weighted by Crippen LogP contribution is -2.42. The van der Waals surface area contributed by atoms with Crippen molar-refractivity contribution >= 4 is 58.1 Å². The molecule has 0 radical (unpaired) electrons. The summed E-state index contributed by atoms with van der Waals surface area (Å²) >= 11 is 0. The van der Waals surface area contributed by atoms with Gasteiger partial charge in [-0.15, -0.1) is 0 Å². The molecule has 0 bridgehead atoms. The van der Waals surface area contributed by atoms with Gasteiger partial charge in [0.15, 0.2) is 0 Å². The smallest absolute Gasteiger partial charge is 0.251 e. The van der Waals surface area contributed by atoms with E-state index in [-0.39, 0.29) is 52.9 Å². The molecular weight excluding hydrogens is 1360 g/mol. The van der Waals surface area contributed by atoms with Crippen molar-refractivity contribution in [1.29, 1.82) is 0 Å². The Morgan fingerprint density at radius 1 is 0.398 bits per heavy atom. The monoisotopic (exact) mass is 1470 g/mol. The number of morpholine rings is 3. The van der Waals surface area contributed by atoms with Gasteiger partial charge in [0.05, 0.1) is 46.8 Å². The van der Waals surface area contributed by atoms with Crippen LogP contribution in [-0.2, 0) is 65.7 Å². The maximum absolute atomic E-state index is 13.5. The summed E-state index contributed by atoms with van der Waals surface area (Å²) in [6.45, 7) is 8.96. The molecule has 7 aliphatic heterocycles. The van der Waals surface area contributed by atoms with Gasteiger partial charge in [0.1, 0.15) is 29.8 Å². The average Bonchev–Trinajstić information content (AvgIpc) is 1.08. The van der Waals surface area contributed by atoms with Crippen molar-refractivity contribution in [3.8, 4) is 11.6 Å². The van der Waals surface area contributed by atoms with E-state index in [1.807, 2.05) is 124 Å². The topological polar surface area (TPSA) is 225 Å². The van der Waals surface area contributed by atoms with Crippen molar-refractivity contribution in [1.82, 2.24) is 20.3 Å². The number of nitrogens with one attached hydrogen (secondary N) is 3. The van der Waals surface area contributed by atoms with Crippen LogP contribution in [0.1, 0.15) is 131 Å². The molecule has 4 amide bonds. The highest BCUT2D eigenvalue weighted by atomic mass is 16.5. The maximum Gasteiger partial charge on any atom is 0.251 e. The number of anilines is 6. The van der Waals surface area contributed by atoms with Gasteiger partial charge in [-0.1, -0.05) is 159 Å². The van der Waals surface area contributed by atoms with Gasteiger partial charge in [-0.2, -0.15) is 4.98 Å². The fourth-order valence-corrected chi connectivity index (χ4v) is 15.5. The van der Waals surface area contributed by atoms with Gasteiger partial charge in [-0.25, -0.2) is 0 Å². The zero-order valence-electron chi connectivity index (χ0n) is 62.6. The highest BCUT2D eigenvalue weighted by Crippen LogP contribution is 2.35. The maximum atomic E-state index is 13.5. The zero-order chi connectivity index (χ0) is 74.7. The lowest BCUT2D eigenvalue weighted by molar-refractivity contribution is -0.121. The number of ether oxygens (including phenoxy) is 5. The molecule has 7 fully saturated rings. The third-order valence-corrected chi connectivity index (χ3v) is 21.1. The lowest BCUT2D eigenvalue weighted by atomic mass is 10.0. The summed E-state index contributed by atoms with van der Waals surface area (Å²) in [7, 11) is 1.66. The number of aromatic nitrogens is 3. The van der Waals surface area contributed by atoms with E-state index in [4.69, 9.17) is 28.7 Å². The number of hydrogen-bond acceptors (Lipinski definition) is 15. The number of H-pyrrole nitrogens is 2. The van der Waals surface area contributed by atoms with Gasteiger partial charge in [-0.3, -0.25) is 43.5 Å². The Morgan fingerprint density at radius 2 is 0.778 bits per heavy atom. The van der Waals surface area contributed by atoms with Crippen LogP contribution in [0.3, 0.4) is 0 Å². The molecule has 15 rings (SSSR count). The zero-order valence-corrected chi connectivity index (χ0v) is 62.6. The van der Waals surface area contributed by atoms with Crippen LogP contribution in [0.15, 0.2) is 192 Å². The second-order valence-electron chi connectivity index (χ2n) is 28.9. The first kappa shape index (κ1) is 77.5. The summed E-state index contributed by atoms with van der Waals surface area (Å²) in [6.07, 6.45) is 17.5. The molecule has 0 saturated carbocycles. The minimum Gasteiger partial charge on any atom is -0.497 e. The SMILES string of the molecule is COc1ccc(COc2cc(N3CCOCC3)cc(N3C(=O)CCCCC3Cc3ccccc3)n2)cc1.O=C1CCCCC(Cc2ccccc2)N1.O=C1CCCC[C@@H](Cc2ccccc2)N1c1cc(N2CCOCC2)cc(=O)[nH]1.O=C1CCCC[C@H](Cc2ccccc2)N1c1cc(N2CCOCC2)cc(=O)[nH]1. The number of nitrogens with zero attached hydrogens (tertiary/aromatic N) is 7. The molecule has 3 aromatic heterocycles. The minimum absolute atomic E-state index is 0.0491. The number of benzene rings is 5. The van der Waals surface area contributed by atoms with E-state index in [0.717, 1.165) is 170 Å². The van der Waals surface area contributed by atoms with Crippen LogP contribution in [0, 0.1) is 0 Å². The number of amides is 4. The molecule has 21 heteroatoms. The van der Waals surface area contributed by atoms with E-state index in [9.17, 15) is 28.8 Å². The van der Waals surface area contributed by atoms with Gasteiger partial charge in [0.2, 0.25) is 29.5 Å². The number of methoxy groups -OCH3 is 1. The second-order valence-corrected chi connectivity index (χ2v) is 28.9. The van der Waals surface area contributed by atoms with Crippen molar-refractivity contribution < 1.29 is 42.9 Å². The third-order valence-electron chi connectivity index (χ3n) is 21.1. The van der Waals surface area contributed by atoms with Crippen molar-refractivity contribution in [2.75, 3.05) is 115 Å². The van der Waals surface area contributed by atoms with Crippen LogP contribution in [0.4, 0.5) is 34.5 Å². The Morgan fingerprint density at radius 3 is 1.20 bits per heavy atom. The Balaban J connectivity index is 0.000000140. The fourth-order valence-electron chi connectivity index (χ4n) is 15.5. The Hall–Kier alpha value is -10.1. The Kier molecular flexibility index (Phi) is 28.9. The molecule has 8 aromatic rings. The number of carbonyl (C=O) groups is 4. The molecule has 108 heavy (non-hydrogen) atoms. The van der Waals surface area contributed by atoms with E-state index < -0.39 is 0 Å². The Labute approximate surface area is 634 Å². The van der Waals surface area contributed by atoms with Crippen molar-refractivity contribution in [3.63, 3.8) is 0 Å². The second kappa shape index (κ2) is 40.2.